The number of allylic oxidation sites excluding steroid dienone is 2. The molecule has 2 rings (SSSR count). The normalized spacial score (nSPS) is 28.6. The zero-order valence-electron chi connectivity index (χ0n) is 9.72. The van der Waals surface area contributed by atoms with Crippen LogP contribution in [0.4, 0.5) is 0 Å². The van der Waals surface area contributed by atoms with Gasteiger partial charge in [0, 0.05) is 12.5 Å². The summed E-state index contributed by atoms with van der Waals surface area (Å²) in [6.45, 7) is 1.87. The largest absolute Gasteiger partial charge is 0.427 e. The van der Waals surface area contributed by atoms with Gasteiger partial charge >= 0.3 is 5.97 Å². The fourth-order valence-electron chi connectivity index (χ4n) is 1.87. The molecule has 0 aromatic heterocycles. The maximum absolute atomic E-state index is 10.9. The Hall–Kier alpha value is -1.17. The van der Waals surface area contributed by atoms with E-state index in [1.807, 2.05) is 6.08 Å². The first-order valence-corrected chi connectivity index (χ1v) is 5.66. The van der Waals surface area contributed by atoms with E-state index in [0.717, 1.165) is 5.57 Å². The Morgan fingerprint density at radius 3 is 3.18 bits per heavy atom. The summed E-state index contributed by atoms with van der Waals surface area (Å²) in [4.78, 5) is 10.9. The van der Waals surface area contributed by atoms with Crippen molar-refractivity contribution in [1.29, 1.82) is 0 Å². The van der Waals surface area contributed by atoms with Crippen LogP contribution in [0.15, 0.2) is 23.5 Å². The molecular weight excluding hydrogens is 224 g/mol. The lowest BCUT2D eigenvalue weighted by Crippen LogP contribution is -2.35. The van der Waals surface area contributed by atoms with Crippen molar-refractivity contribution < 1.29 is 24.1 Å². The average molecular weight is 240 g/mol. The second kappa shape index (κ2) is 5.44. The summed E-state index contributed by atoms with van der Waals surface area (Å²) in [6, 6.07) is 0. The van der Waals surface area contributed by atoms with Gasteiger partial charge in [-0.2, -0.15) is 0 Å². The molecule has 1 saturated heterocycles. The van der Waals surface area contributed by atoms with Gasteiger partial charge < -0.3 is 19.3 Å². The number of esters is 1. The molecule has 1 fully saturated rings. The van der Waals surface area contributed by atoms with Crippen molar-refractivity contribution in [3.8, 4) is 0 Å². The molecule has 0 saturated carbocycles. The predicted molar refractivity (Wildman–Crippen MR) is 58.9 cm³/mol. The van der Waals surface area contributed by atoms with Gasteiger partial charge in [0.15, 0.2) is 6.29 Å². The van der Waals surface area contributed by atoms with Crippen LogP contribution in [0, 0.1) is 0 Å². The monoisotopic (exact) mass is 240 g/mol. The molecule has 1 N–H and O–H groups in total. The summed E-state index contributed by atoms with van der Waals surface area (Å²) in [6.07, 6.45) is 4.22. The first-order valence-electron chi connectivity index (χ1n) is 5.66. The van der Waals surface area contributed by atoms with Crippen molar-refractivity contribution in [2.45, 2.75) is 32.2 Å². The maximum atomic E-state index is 10.9. The Labute approximate surface area is 99.7 Å². The number of ether oxygens (including phenoxy) is 3. The minimum Gasteiger partial charge on any atom is -0.427 e. The average Bonchev–Trinajstić information content (AvgIpc) is 2.76. The molecule has 1 unspecified atom stereocenters. The molecular formula is C12H16O5. The Balaban J connectivity index is 2.07. The molecule has 1 aliphatic heterocycles. The first kappa shape index (κ1) is 12.3. The van der Waals surface area contributed by atoms with Crippen LogP contribution in [-0.4, -0.2) is 36.7 Å². The van der Waals surface area contributed by atoms with E-state index < -0.39 is 6.29 Å². The number of hydrogen-bond donors (Lipinski definition) is 1. The van der Waals surface area contributed by atoms with E-state index in [-0.39, 0.29) is 18.7 Å². The third-order valence-electron chi connectivity index (χ3n) is 2.69. The number of rotatable bonds is 3. The Morgan fingerprint density at radius 2 is 2.47 bits per heavy atom. The molecule has 0 aromatic rings. The van der Waals surface area contributed by atoms with Crippen molar-refractivity contribution in [2.75, 3.05) is 13.2 Å². The number of aliphatic hydroxyl groups is 1. The highest BCUT2D eigenvalue weighted by molar-refractivity contribution is 5.68. The van der Waals surface area contributed by atoms with Gasteiger partial charge in [0.25, 0.3) is 0 Å². The molecule has 2 aliphatic rings. The van der Waals surface area contributed by atoms with Gasteiger partial charge in [-0.3, -0.25) is 4.79 Å². The van der Waals surface area contributed by atoms with Crippen LogP contribution >= 0.6 is 0 Å². The van der Waals surface area contributed by atoms with Crippen LogP contribution in [0.1, 0.15) is 19.8 Å². The van der Waals surface area contributed by atoms with Crippen molar-refractivity contribution in [2.24, 2.45) is 0 Å². The molecule has 0 radical (unpaired) electrons. The third-order valence-corrected chi connectivity index (χ3v) is 2.69. The van der Waals surface area contributed by atoms with Crippen molar-refractivity contribution in [1.82, 2.24) is 0 Å². The minimum absolute atomic E-state index is 0.0243. The summed E-state index contributed by atoms with van der Waals surface area (Å²) >= 11 is 0. The zero-order chi connectivity index (χ0) is 12.3. The van der Waals surface area contributed by atoms with Crippen LogP contribution < -0.4 is 0 Å². The summed E-state index contributed by atoms with van der Waals surface area (Å²) in [7, 11) is 0. The van der Waals surface area contributed by atoms with Crippen LogP contribution in [0.25, 0.3) is 0 Å². The number of hydrogen-bond acceptors (Lipinski definition) is 5. The first-order chi connectivity index (χ1) is 8.20. The summed E-state index contributed by atoms with van der Waals surface area (Å²) < 4.78 is 16.1. The predicted octanol–water partition coefficient (Wildman–Crippen LogP) is 0.887. The lowest BCUT2D eigenvalue weighted by atomic mass is 10.2. The topological polar surface area (TPSA) is 65.0 Å². The van der Waals surface area contributed by atoms with Crippen molar-refractivity contribution >= 4 is 5.97 Å². The van der Waals surface area contributed by atoms with Gasteiger partial charge in [-0.1, -0.05) is 6.08 Å². The van der Waals surface area contributed by atoms with Gasteiger partial charge in [0.1, 0.15) is 5.76 Å². The maximum Gasteiger partial charge on any atom is 0.308 e. The lowest BCUT2D eigenvalue weighted by Gasteiger charge is -2.30. The molecule has 2 atom stereocenters. The molecule has 0 aromatic carbocycles. The zero-order valence-corrected chi connectivity index (χ0v) is 9.72. The summed E-state index contributed by atoms with van der Waals surface area (Å²) in [5, 5.41) is 9.07. The fraction of sp³-hybridized carbons (Fsp3) is 0.583. The standard InChI is InChI=1S/C12H16O5/c1-8(14)16-11-4-2-3-10(11)12-15-6-5-9(7-13)17-12/h2,4,9,12-13H,3,5-7H2,1H3/t9-,12?/m0/s1. The van der Waals surface area contributed by atoms with E-state index in [4.69, 9.17) is 19.3 Å². The summed E-state index contributed by atoms with van der Waals surface area (Å²) in [5.74, 6) is 0.139. The highest BCUT2D eigenvalue weighted by Gasteiger charge is 2.29. The molecule has 94 valence electrons. The lowest BCUT2D eigenvalue weighted by molar-refractivity contribution is -0.202. The second-order valence-electron chi connectivity index (χ2n) is 4.02. The molecule has 17 heavy (non-hydrogen) atoms. The van der Waals surface area contributed by atoms with E-state index in [9.17, 15) is 4.79 Å². The highest BCUT2D eigenvalue weighted by Crippen LogP contribution is 2.28. The van der Waals surface area contributed by atoms with Gasteiger partial charge in [-0.05, 0) is 18.9 Å². The van der Waals surface area contributed by atoms with E-state index in [2.05, 4.69) is 0 Å². The summed E-state index contributed by atoms with van der Waals surface area (Å²) in [5.41, 5.74) is 0.804. The van der Waals surface area contributed by atoms with E-state index in [1.54, 1.807) is 6.08 Å². The quantitative estimate of drug-likeness (QED) is 0.742. The molecule has 0 amide bonds. The van der Waals surface area contributed by atoms with E-state index in [0.29, 0.717) is 25.2 Å². The number of aliphatic hydroxyl groups excluding tert-OH is 1. The molecule has 0 bridgehead atoms. The van der Waals surface area contributed by atoms with Crippen LogP contribution in [0.5, 0.6) is 0 Å². The van der Waals surface area contributed by atoms with Gasteiger partial charge in [-0.15, -0.1) is 0 Å². The molecule has 1 heterocycles. The number of carbonyl (C=O) groups is 1. The Kier molecular flexibility index (Phi) is 3.93. The second-order valence-corrected chi connectivity index (χ2v) is 4.02. The Morgan fingerprint density at radius 1 is 1.65 bits per heavy atom. The molecule has 1 aliphatic carbocycles. The Bertz CT molecular complexity index is 358. The van der Waals surface area contributed by atoms with Crippen molar-refractivity contribution in [3.63, 3.8) is 0 Å². The van der Waals surface area contributed by atoms with Gasteiger partial charge in [0.05, 0.1) is 19.3 Å². The van der Waals surface area contributed by atoms with Crippen LogP contribution in [-0.2, 0) is 19.0 Å². The molecule has 0 spiro atoms. The number of carbonyl (C=O) groups excluding carboxylic acids is 1. The van der Waals surface area contributed by atoms with Crippen LogP contribution in [0.3, 0.4) is 0 Å². The molecule has 5 nitrogen and oxygen atoms in total. The minimum atomic E-state index is -0.523. The fourth-order valence-corrected chi connectivity index (χ4v) is 1.87. The van der Waals surface area contributed by atoms with Crippen molar-refractivity contribution in [3.05, 3.63) is 23.5 Å². The van der Waals surface area contributed by atoms with E-state index in [1.165, 1.54) is 6.92 Å². The smallest absolute Gasteiger partial charge is 0.308 e. The molecule has 5 heteroatoms. The SMILES string of the molecule is CC(=O)OC1=C(C2OCC[C@@H](CO)O2)CC=C1. The van der Waals surface area contributed by atoms with Gasteiger partial charge in [0.2, 0.25) is 0 Å². The van der Waals surface area contributed by atoms with Gasteiger partial charge in [-0.25, -0.2) is 0 Å². The third kappa shape index (κ3) is 2.94. The van der Waals surface area contributed by atoms with Crippen LogP contribution in [0.2, 0.25) is 0 Å². The van der Waals surface area contributed by atoms with E-state index >= 15 is 0 Å². The highest BCUT2D eigenvalue weighted by atomic mass is 16.7.